The Balaban J connectivity index is 1.61. The molecule has 4 nitrogen and oxygen atoms in total. The molecular formula is C17H23F3N2O2. The molecule has 134 valence electrons. The highest BCUT2D eigenvalue weighted by atomic mass is 19.4. The lowest BCUT2D eigenvalue weighted by atomic mass is 9.93. The second kappa shape index (κ2) is 8.48. The summed E-state index contributed by atoms with van der Waals surface area (Å²) in [7, 11) is 0. The van der Waals surface area contributed by atoms with E-state index in [1.165, 1.54) is 4.90 Å². The first kappa shape index (κ1) is 18.7. The molecule has 1 fully saturated rings. The molecular weight excluding hydrogens is 321 g/mol. The number of carboxylic acids is 1. The van der Waals surface area contributed by atoms with Gasteiger partial charge in [-0.3, -0.25) is 4.90 Å². The number of likely N-dealkylation sites (tertiary alicyclic amines) is 1. The molecule has 0 radical (unpaired) electrons. The third-order valence-electron chi connectivity index (χ3n) is 4.37. The zero-order chi connectivity index (χ0) is 17.6. The lowest BCUT2D eigenvalue weighted by Gasteiger charge is -2.32. The van der Waals surface area contributed by atoms with Crippen LogP contribution in [0.25, 0.3) is 0 Å². The van der Waals surface area contributed by atoms with Gasteiger partial charge in [0.25, 0.3) is 0 Å². The van der Waals surface area contributed by atoms with E-state index in [-0.39, 0.29) is 5.56 Å². The maximum absolute atomic E-state index is 12.3. The molecule has 0 atom stereocenters. The van der Waals surface area contributed by atoms with E-state index in [1.54, 1.807) is 24.3 Å². The van der Waals surface area contributed by atoms with Crippen molar-refractivity contribution in [3.05, 3.63) is 35.4 Å². The van der Waals surface area contributed by atoms with Crippen LogP contribution in [0, 0.1) is 5.92 Å². The molecule has 1 aromatic rings. The summed E-state index contributed by atoms with van der Waals surface area (Å²) in [6.07, 6.45) is -1.53. The Labute approximate surface area is 139 Å². The zero-order valence-corrected chi connectivity index (χ0v) is 13.5. The number of nitrogens with one attached hydrogen (secondary N) is 1. The summed E-state index contributed by atoms with van der Waals surface area (Å²) in [6.45, 7) is 1.70. The van der Waals surface area contributed by atoms with Gasteiger partial charge in [-0.25, -0.2) is 4.79 Å². The number of rotatable bonds is 7. The van der Waals surface area contributed by atoms with Crippen LogP contribution in [0.2, 0.25) is 0 Å². The third kappa shape index (κ3) is 6.49. The van der Waals surface area contributed by atoms with E-state index >= 15 is 0 Å². The quantitative estimate of drug-likeness (QED) is 0.746. The molecule has 1 aromatic carbocycles. The molecule has 24 heavy (non-hydrogen) atoms. The molecule has 0 bridgehead atoms. The molecule has 0 saturated carbocycles. The van der Waals surface area contributed by atoms with Gasteiger partial charge in [0.05, 0.1) is 12.1 Å². The Kier molecular flexibility index (Phi) is 6.62. The van der Waals surface area contributed by atoms with E-state index in [0.717, 1.165) is 31.4 Å². The first-order chi connectivity index (χ1) is 11.3. The maximum atomic E-state index is 12.3. The number of carbonyl (C=O) groups is 1. The molecule has 0 unspecified atom stereocenters. The number of alkyl halides is 3. The van der Waals surface area contributed by atoms with E-state index in [1.807, 2.05) is 0 Å². The zero-order valence-electron chi connectivity index (χ0n) is 13.5. The highest BCUT2D eigenvalue weighted by molar-refractivity contribution is 5.87. The predicted molar refractivity (Wildman–Crippen MR) is 84.9 cm³/mol. The van der Waals surface area contributed by atoms with Crippen molar-refractivity contribution in [1.29, 1.82) is 0 Å². The Morgan fingerprint density at radius 3 is 2.38 bits per heavy atom. The van der Waals surface area contributed by atoms with Gasteiger partial charge in [-0.15, -0.1) is 0 Å². The maximum Gasteiger partial charge on any atom is 0.401 e. The SMILES string of the molecule is O=C(O)c1ccc(CNCCC2CCN(CC(F)(F)F)CC2)cc1. The number of aromatic carboxylic acids is 1. The largest absolute Gasteiger partial charge is 0.478 e. The van der Waals surface area contributed by atoms with E-state index in [0.29, 0.717) is 25.6 Å². The fraction of sp³-hybridized carbons (Fsp3) is 0.588. The van der Waals surface area contributed by atoms with Crippen molar-refractivity contribution < 1.29 is 23.1 Å². The van der Waals surface area contributed by atoms with Gasteiger partial charge < -0.3 is 10.4 Å². The summed E-state index contributed by atoms with van der Waals surface area (Å²) in [5, 5.41) is 12.1. The van der Waals surface area contributed by atoms with Gasteiger partial charge in [0, 0.05) is 6.54 Å². The smallest absolute Gasteiger partial charge is 0.401 e. The topological polar surface area (TPSA) is 52.6 Å². The summed E-state index contributed by atoms with van der Waals surface area (Å²) >= 11 is 0. The summed E-state index contributed by atoms with van der Waals surface area (Å²) in [5.41, 5.74) is 1.28. The standard InChI is InChI=1S/C17H23F3N2O2/c18-17(19,20)12-22-9-6-13(7-10-22)5-8-21-11-14-1-3-15(4-2-14)16(23)24/h1-4,13,21H,5-12H2,(H,23,24). The Hall–Kier alpha value is -1.60. The van der Waals surface area contributed by atoms with Crippen LogP contribution >= 0.6 is 0 Å². The van der Waals surface area contributed by atoms with Gasteiger partial charge in [-0.05, 0) is 62.5 Å². The molecule has 1 heterocycles. The molecule has 2 N–H and O–H groups in total. The molecule has 1 aliphatic rings. The molecule has 0 spiro atoms. The van der Waals surface area contributed by atoms with Gasteiger partial charge in [0.2, 0.25) is 0 Å². The second-order valence-corrected chi connectivity index (χ2v) is 6.30. The third-order valence-corrected chi connectivity index (χ3v) is 4.37. The average molecular weight is 344 g/mol. The Morgan fingerprint density at radius 2 is 1.83 bits per heavy atom. The minimum atomic E-state index is -4.11. The summed E-state index contributed by atoms with van der Waals surface area (Å²) in [5.74, 6) is -0.470. The Bertz CT molecular complexity index is 524. The van der Waals surface area contributed by atoms with Crippen LogP contribution in [-0.2, 0) is 6.54 Å². The van der Waals surface area contributed by atoms with Crippen LogP contribution in [0.4, 0.5) is 13.2 Å². The molecule has 1 aliphatic heterocycles. The first-order valence-corrected chi connectivity index (χ1v) is 8.15. The van der Waals surface area contributed by atoms with Crippen LogP contribution in [0.3, 0.4) is 0 Å². The van der Waals surface area contributed by atoms with E-state index in [9.17, 15) is 18.0 Å². The van der Waals surface area contributed by atoms with Crippen molar-refractivity contribution in [2.75, 3.05) is 26.2 Å². The number of benzene rings is 1. The summed E-state index contributed by atoms with van der Waals surface area (Å²) in [6, 6.07) is 6.73. The van der Waals surface area contributed by atoms with Crippen LogP contribution in [-0.4, -0.2) is 48.3 Å². The monoisotopic (exact) mass is 344 g/mol. The minimum absolute atomic E-state index is 0.268. The first-order valence-electron chi connectivity index (χ1n) is 8.15. The fourth-order valence-corrected chi connectivity index (χ4v) is 2.99. The fourth-order valence-electron chi connectivity index (χ4n) is 2.99. The predicted octanol–water partition coefficient (Wildman–Crippen LogP) is 3.14. The van der Waals surface area contributed by atoms with Crippen LogP contribution < -0.4 is 5.32 Å². The van der Waals surface area contributed by atoms with Crippen molar-refractivity contribution in [2.45, 2.75) is 32.0 Å². The van der Waals surface area contributed by atoms with Gasteiger partial charge in [-0.1, -0.05) is 12.1 Å². The molecule has 0 aliphatic carbocycles. The average Bonchev–Trinajstić information content (AvgIpc) is 2.52. The summed E-state index contributed by atoms with van der Waals surface area (Å²) in [4.78, 5) is 12.2. The lowest BCUT2D eigenvalue weighted by molar-refractivity contribution is -0.148. The number of halogens is 3. The normalized spacial score (nSPS) is 17.1. The molecule has 1 saturated heterocycles. The molecule has 2 rings (SSSR count). The second-order valence-electron chi connectivity index (χ2n) is 6.30. The number of nitrogens with zero attached hydrogens (tertiary/aromatic N) is 1. The van der Waals surface area contributed by atoms with Crippen molar-refractivity contribution >= 4 is 5.97 Å². The van der Waals surface area contributed by atoms with Gasteiger partial charge >= 0.3 is 12.1 Å². The van der Waals surface area contributed by atoms with E-state index < -0.39 is 18.7 Å². The highest BCUT2D eigenvalue weighted by Gasteiger charge is 2.32. The van der Waals surface area contributed by atoms with Crippen molar-refractivity contribution in [1.82, 2.24) is 10.2 Å². The number of hydrogen-bond donors (Lipinski definition) is 2. The number of hydrogen-bond acceptors (Lipinski definition) is 3. The van der Waals surface area contributed by atoms with E-state index in [2.05, 4.69) is 5.32 Å². The van der Waals surface area contributed by atoms with Gasteiger partial charge in [0.15, 0.2) is 0 Å². The molecule has 0 amide bonds. The van der Waals surface area contributed by atoms with Gasteiger partial charge in [0.1, 0.15) is 0 Å². The van der Waals surface area contributed by atoms with Crippen molar-refractivity contribution in [3.63, 3.8) is 0 Å². The highest BCUT2D eigenvalue weighted by Crippen LogP contribution is 2.24. The van der Waals surface area contributed by atoms with E-state index in [4.69, 9.17) is 5.11 Å². The number of piperidine rings is 1. The molecule has 0 aromatic heterocycles. The van der Waals surface area contributed by atoms with Crippen molar-refractivity contribution in [3.8, 4) is 0 Å². The molecule has 7 heteroatoms. The van der Waals surface area contributed by atoms with Crippen LogP contribution in [0.1, 0.15) is 35.2 Å². The van der Waals surface area contributed by atoms with Crippen molar-refractivity contribution in [2.24, 2.45) is 5.92 Å². The minimum Gasteiger partial charge on any atom is -0.478 e. The van der Waals surface area contributed by atoms with Gasteiger partial charge in [-0.2, -0.15) is 13.2 Å². The summed E-state index contributed by atoms with van der Waals surface area (Å²) < 4.78 is 37.0. The van der Waals surface area contributed by atoms with Crippen LogP contribution in [0.5, 0.6) is 0 Å². The Morgan fingerprint density at radius 1 is 1.21 bits per heavy atom. The van der Waals surface area contributed by atoms with Crippen LogP contribution in [0.15, 0.2) is 24.3 Å². The number of carboxylic acid groups (broad SMARTS) is 1. The lowest BCUT2D eigenvalue weighted by Crippen LogP contribution is -2.40.